The van der Waals surface area contributed by atoms with Crippen LogP contribution in [0, 0.1) is 13.8 Å². The van der Waals surface area contributed by atoms with E-state index in [9.17, 15) is 9.90 Å². The number of nitrogens with zero attached hydrogens (tertiary/aromatic N) is 1. The van der Waals surface area contributed by atoms with Crippen molar-refractivity contribution in [3.63, 3.8) is 0 Å². The number of aromatic hydroxyl groups is 1. The second-order valence-corrected chi connectivity index (χ2v) is 5.28. The lowest BCUT2D eigenvalue weighted by Crippen LogP contribution is -2.24. The highest BCUT2D eigenvalue weighted by atomic mass is 16.5. The quantitative estimate of drug-likeness (QED) is 0.631. The van der Waals surface area contributed by atoms with Gasteiger partial charge < -0.3 is 14.6 Å². The molecule has 0 heterocycles. The van der Waals surface area contributed by atoms with Crippen molar-refractivity contribution in [2.24, 2.45) is 5.10 Å². The van der Waals surface area contributed by atoms with Crippen molar-refractivity contribution in [1.29, 1.82) is 0 Å². The van der Waals surface area contributed by atoms with Gasteiger partial charge in [-0.1, -0.05) is 12.1 Å². The van der Waals surface area contributed by atoms with E-state index in [1.807, 2.05) is 32.0 Å². The maximum absolute atomic E-state index is 11.8. The minimum Gasteiger partial charge on any atom is -0.504 e. The molecule has 1 amide bonds. The number of aryl methyl sites for hydroxylation is 2. The topological polar surface area (TPSA) is 80.2 Å². The van der Waals surface area contributed by atoms with Gasteiger partial charge in [-0.25, -0.2) is 5.43 Å². The lowest BCUT2D eigenvalue weighted by atomic mass is 10.1. The number of carbonyl (C=O) groups excluding carboxylic acids is 1. The third kappa shape index (κ3) is 4.74. The first kappa shape index (κ1) is 17.3. The van der Waals surface area contributed by atoms with Gasteiger partial charge in [0.1, 0.15) is 5.75 Å². The summed E-state index contributed by atoms with van der Waals surface area (Å²) >= 11 is 0. The third-order valence-electron chi connectivity index (χ3n) is 3.31. The Kier molecular flexibility index (Phi) is 5.78. The van der Waals surface area contributed by atoms with Crippen LogP contribution in [0.3, 0.4) is 0 Å². The summed E-state index contributed by atoms with van der Waals surface area (Å²) in [6.45, 7) is 3.76. The minimum atomic E-state index is -0.363. The van der Waals surface area contributed by atoms with Gasteiger partial charge in [-0.2, -0.15) is 5.10 Å². The highest BCUT2D eigenvalue weighted by Gasteiger charge is 2.05. The Morgan fingerprint density at radius 1 is 1.21 bits per heavy atom. The highest BCUT2D eigenvalue weighted by molar-refractivity contribution is 5.83. The Labute approximate surface area is 140 Å². The standard InChI is InChI=1S/C18H20N2O4/c1-12-4-5-13(2)16(8-12)24-11-18(22)20-19-10-14-6-7-15(21)17(9-14)23-3/h4-10,21H,11H2,1-3H3,(H,20,22)/b19-10-. The summed E-state index contributed by atoms with van der Waals surface area (Å²) in [5, 5.41) is 13.4. The van der Waals surface area contributed by atoms with Crippen molar-refractivity contribution in [1.82, 2.24) is 5.43 Å². The van der Waals surface area contributed by atoms with E-state index in [1.165, 1.54) is 19.4 Å². The van der Waals surface area contributed by atoms with Crippen LogP contribution in [-0.2, 0) is 4.79 Å². The van der Waals surface area contributed by atoms with Crippen molar-refractivity contribution in [3.05, 3.63) is 53.1 Å². The first-order valence-corrected chi connectivity index (χ1v) is 7.38. The van der Waals surface area contributed by atoms with Crippen LogP contribution in [0.4, 0.5) is 0 Å². The molecule has 0 aliphatic heterocycles. The van der Waals surface area contributed by atoms with Crippen molar-refractivity contribution in [3.8, 4) is 17.2 Å². The molecule has 0 unspecified atom stereocenters. The van der Waals surface area contributed by atoms with Gasteiger partial charge in [0.15, 0.2) is 18.1 Å². The van der Waals surface area contributed by atoms with Gasteiger partial charge >= 0.3 is 0 Å². The number of hydrogen-bond acceptors (Lipinski definition) is 5. The summed E-state index contributed by atoms with van der Waals surface area (Å²) in [5.74, 6) is 0.694. The summed E-state index contributed by atoms with van der Waals surface area (Å²) < 4.78 is 10.5. The Balaban J connectivity index is 1.88. The summed E-state index contributed by atoms with van der Waals surface area (Å²) in [4.78, 5) is 11.8. The fraction of sp³-hybridized carbons (Fsp3) is 0.222. The number of nitrogens with one attached hydrogen (secondary N) is 1. The molecule has 2 aromatic rings. The second kappa shape index (κ2) is 8.01. The molecular weight excluding hydrogens is 308 g/mol. The molecule has 0 radical (unpaired) electrons. The van der Waals surface area contributed by atoms with Gasteiger partial charge in [0.05, 0.1) is 13.3 Å². The second-order valence-electron chi connectivity index (χ2n) is 5.28. The fourth-order valence-electron chi connectivity index (χ4n) is 1.99. The lowest BCUT2D eigenvalue weighted by molar-refractivity contribution is -0.123. The molecule has 0 fully saturated rings. The van der Waals surface area contributed by atoms with Crippen LogP contribution in [0.1, 0.15) is 16.7 Å². The van der Waals surface area contributed by atoms with Gasteiger partial charge in [0.2, 0.25) is 0 Å². The number of methoxy groups -OCH3 is 1. The van der Waals surface area contributed by atoms with Crippen LogP contribution in [0.15, 0.2) is 41.5 Å². The molecule has 6 nitrogen and oxygen atoms in total. The van der Waals surface area contributed by atoms with E-state index in [2.05, 4.69) is 10.5 Å². The lowest BCUT2D eigenvalue weighted by Gasteiger charge is -2.08. The van der Waals surface area contributed by atoms with Gasteiger partial charge in [0, 0.05) is 0 Å². The minimum absolute atomic E-state index is 0.0422. The number of hydrogen-bond donors (Lipinski definition) is 2. The number of ether oxygens (including phenoxy) is 2. The third-order valence-corrected chi connectivity index (χ3v) is 3.31. The monoisotopic (exact) mass is 328 g/mol. The molecule has 6 heteroatoms. The fourth-order valence-corrected chi connectivity index (χ4v) is 1.99. The van der Waals surface area contributed by atoms with Crippen LogP contribution < -0.4 is 14.9 Å². The number of carbonyl (C=O) groups is 1. The van der Waals surface area contributed by atoms with Crippen molar-refractivity contribution in [2.75, 3.05) is 13.7 Å². The molecule has 24 heavy (non-hydrogen) atoms. The number of benzene rings is 2. The zero-order valence-corrected chi connectivity index (χ0v) is 13.9. The molecule has 0 aliphatic rings. The van der Waals surface area contributed by atoms with Gasteiger partial charge in [-0.3, -0.25) is 4.79 Å². The van der Waals surface area contributed by atoms with Gasteiger partial charge in [0.25, 0.3) is 5.91 Å². The maximum atomic E-state index is 11.8. The van der Waals surface area contributed by atoms with E-state index in [0.717, 1.165) is 11.1 Å². The van der Waals surface area contributed by atoms with Crippen LogP contribution in [0.2, 0.25) is 0 Å². The van der Waals surface area contributed by atoms with Crippen molar-refractivity contribution < 1.29 is 19.4 Å². The summed E-state index contributed by atoms with van der Waals surface area (Å²) in [6.07, 6.45) is 1.46. The highest BCUT2D eigenvalue weighted by Crippen LogP contribution is 2.25. The normalized spacial score (nSPS) is 10.6. The van der Waals surface area contributed by atoms with Gasteiger partial charge in [-0.15, -0.1) is 0 Å². The predicted molar refractivity (Wildman–Crippen MR) is 91.8 cm³/mol. The zero-order valence-electron chi connectivity index (χ0n) is 13.9. The predicted octanol–water partition coefficient (Wildman–Crippen LogP) is 2.55. The summed E-state index contributed by atoms with van der Waals surface area (Å²) in [6, 6.07) is 10.6. The number of phenolic OH excluding ortho intramolecular Hbond substituents is 1. The molecule has 0 atom stereocenters. The Morgan fingerprint density at radius 3 is 2.75 bits per heavy atom. The van der Waals surface area contributed by atoms with E-state index in [-0.39, 0.29) is 18.3 Å². The van der Waals surface area contributed by atoms with E-state index >= 15 is 0 Å². The van der Waals surface area contributed by atoms with E-state index < -0.39 is 0 Å². The molecule has 0 saturated carbocycles. The van der Waals surface area contributed by atoms with Crippen molar-refractivity contribution >= 4 is 12.1 Å². The molecule has 0 saturated heterocycles. The molecule has 0 aromatic heterocycles. The number of hydrazone groups is 1. The smallest absolute Gasteiger partial charge is 0.277 e. The summed E-state index contributed by atoms with van der Waals surface area (Å²) in [5.41, 5.74) is 5.10. The largest absolute Gasteiger partial charge is 0.504 e. The van der Waals surface area contributed by atoms with Crippen molar-refractivity contribution in [2.45, 2.75) is 13.8 Å². The average Bonchev–Trinajstić information content (AvgIpc) is 2.57. The Morgan fingerprint density at radius 2 is 2.00 bits per heavy atom. The SMILES string of the molecule is COc1cc(/C=N\NC(=O)COc2cc(C)ccc2C)ccc1O. The van der Waals surface area contributed by atoms with Crippen LogP contribution in [0.25, 0.3) is 0 Å². The van der Waals surface area contributed by atoms with E-state index in [4.69, 9.17) is 9.47 Å². The molecule has 0 aliphatic carbocycles. The Hall–Kier alpha value is -3.02. The zero-order chi connectivity index (χ0) is 17.5. The molecule has 2 N–H and O–H groups in total. The van der Waals surface area contributed by atoms with E-state index in [1.54, 1.807) is 12.1 Å². The molecule has 126 valence electrons. The van der Waals surface area contributed by atoms with Crippen LogP contribution in [0.5, 0.6) is 17.2 Å². The first-order chi connectivity index (χ1) is 11.5. The maximum Gasteiger partial charge on any atom is 0.277 e. The van der Waals surface area contributed by atoms with E-state index in [0.29, 0.717) is 17.1 Å². The molecular formula is C18H20N2O4. The average molecular weight is 328 g/mol. The van der Waals surface area contributed by atoms with Gasteiger partial charge in [-0.05, 0) is 54.8 Å². The number of rotatable bonds is 6. The first-order valence-electron chi connectivity index (χ1n) is 7.38. The summed E-state index contributed by atoms with van der Waals surface area (Å²) in [7, 11) is 1.46. The Bertz CT molecular complexity index is 757. The molecule has 2 aromatic carbocycles. The molecule has 2 rings (SSSR count). The molecule has 0 bridgehead atoms. The number of phenols is 1. The molecule has 0 spiro atoms. The number of amides is 1. The van der Waals surface area contributed by atoms with Crippen LogP contribution in [-0.4, -0.2) is 30.9 Å². The van der Waals surface area contributed by atoms with Crippen LogP contribution >= 0.6 is 0 Å².